The van der Waals surface area contributed by atoms with Crippen molar-refractivity contribution < 1.29 is 24.2 Å². The molecule has 8 nitrogen and oxygen atoms in total. The molecule has 0 saturated carbocycles. The molecule has 0 fully saturated rings. The van der Waals surface area contributed by atoms with Crippen molar-refractivity contribution >= 4 is 23.6 Å². The van der Waals surface area contributed by atoms with Gasteiger partial charge in [-0.2, -0.15) is 0 Å². The van der Waals surface area contributed by atoms with Crippen molar-refractivity contribution in [3.8, 4) is 5.75 Å². The van der Waals surface area contributed by atoms with E-state index >= 15 is 0 Å². The molecule has 30 heavy (non-hydrogen) atoms. The molecule has 3 amide bonds. The number of hydrogen-bond donors (Lipinski definition) is 4. The van der Waals surface area contributed by atoms with Gasteiger partial charge in [-0.3, -0.25) is 9.59 Å². The molecule has 0 spiro atoms. The first-order chi connectivity index (χ1) is 14.1. The van der Waals surface area contributed by atoms with Crippen molar-refractivity contribution in [2.24, 2.45) is 0 Å². The average Bonchev–Trinajstić information content (AvgIpc) is 2.65. The van der Waals surface area contributed by atoms with Gasteiger partial charge in [0.25, 0.3) is 5.91 Å². The Labute approximate surface area is 175 Å². The molecule has 0 heterocycles. The van der Waals surface area contributed by atoms with Crippen LogP contribution in [0.4, 0.5) is 10.5 Å². The van der Waals surface area contributed by atoms with E-state index in [1.807, 2.05) is 6.07 Å². The van der Waals surface area contributed by atoms with E-state index in [-0.39, 0.29) is 37.1 Å². The second kappa shape index (κ2) is 10.3. The predicted octanol–water partition coefficient (Wildman–Crippen LogP) is 3.18. The maximum atomic E-state index is 12.3. The Kier molecular flexibility index (Phi) is 7.80. The third-order valence-electron chi connectivity index (χ3n) is 3.80. The van der Waals surface area contributed by atoms with Gasteiger partial charge in [0, 0.05) is 30.8 Å². The minimum atomic E-state index is -0.590. The van der Waals surface area contributed by atoms with E-state index in [4.69, 9.17) is 4.74 Å². The molecule has 2 rings (SSSR count). The van der Waals surface area contributed by atoms with Crippen LogP contribution in [0.25, 0.3) is 0 Å². The number of phenols is 1. The van der Waals surface area contributed by atoms with E-state index in [0.29, 0.717) is 11.3 Å². The van der Waals surface area contributed by atoms with Crippen LogP contribution in [0.2, 0.25) is 0 Å². The molecule has 0 bridgehead atoms. The lowest BCUT2D eigenvalue weighted by molar-refractivity contribution is -0.121. The fourth-order valence-corrected chi connectivity index (χ4v) is 2.49. The number of aromatic hydroxyl groups is 1. The lowest BCUT2D eigenvalue weighted by Crippen LogP contribution is -2.35. The number of carbonyl (C=O) groups excluding carboxylic acids is 3. The van der Waals surface area contributed by atoms with Crippen molar-refractivity contribution in [3.63, 3.8) is 0 Å². The van der Waals surface area contributed by atoms with Crippen LogP contribution in [0.3, 0.4) is 0 Å². The van der Waals surface area contributed by atoms with Crippen LogP contribution in [0.5, 0.6) is 5.75 Å². The number of carbonyl (C=O) groups is 3. The zero-order chi connectivity index (χ0) is 22.1. The van der Waals surface area contributed by atoms with Gasteiger partial charge in [0.05, 0.1) is 0 Å². The second-order valence-electron chi connectivity index (χ2n) is 7.66. The fourth-order valence-electron chi connectivity index (χ4n) is 2.49. The zero-order valence-corrected chi connectivity index (χ0v) is 17.3. The van der Waals surface area contributed by atoms with Crippen LogP contribution >= 0.6 is 0 Å². The summed E-state index contributed by atoms with van der Waals surface area (Å²) in [6.45, 7) is 5.74. The normalized spacial score (nSPS) is 10.8. The number of alkyl carbamates (subject to hydrolysis) is 1. The summed E-state index contributed by atoms with van der Waals surface area (Å²) in [4.78, 5) is 35.8. The smallest absolute Gasteiger partial charge is 0.407 e. The van der Waals surface area contributed by atoms with Gasteiger partial charge in [0.15, 0.2) is 0 Å². The number of amides is 3. The molecule has 160 valence electrons. The maximum Gasteiger partial charge on any atom is 0.407 e. The highest BCUT2D eigenvalue weighted by Crippen LogP contribution is 2.15. The van der Waals surface area contributed by atoms with E-state index in [1.165, 1.54) is 12.1 Å². The number of nitrogens with one attached hydrogen (secondary N) is 3. The monoisotopic (exact) mass is 413 g/mol. The van der Waals surface area contributed by atoms with Gasteiger partial charge in [0.1, 0.15) is 11.4 Å². The first-order valence-electron chi connectivity index (χ1n) is 9.55. The summed E-state index contributed by atoms with van der Waals surface area (Å²) in [6, 6.07) is 13.1. The van der Waals surface area contributed by atoms with Crippen LogP contribution < -0.4 is 16.0 Å². The highest BCUT2D eigenvalue weighted by Gasteiger charge is 2.15. The number of phenolic OH excluding ortho intramolecular Hbond substituents is 1. The van der Waals surface area contributed by atoms with Crippen LogP contribution in [0, 0.1) is 0 Å². The predicted molar refractivity (Wildman–Crippen MR) is 113 cm³/mol. The van der Waals surface area contributed by atoms with Crippen molar-refractivity contribution in [1.82, 2.24) is 10.6 Å². The molecular weight excluding hydrogens is 386 g/mol. The Morgan fingerprint density at radius 1 is 1.00 bits per heavy atom. The highest BCUT2D eigenvalue weighted by atomic mass is 16.6. The Balaban J connectivity index is 1.79. The first-order valence-corrected chi connectivity index (χ1v) is 9.55. The Hall–Kier alpha value is -3.55. The second-order valence-corrected chi connectivity index (χ2v) is 7.66. The standard InChI is InChI=1S/C22H27N3O5/c1-22(2,3)30-21(29)23-11-10-19(27)24-14-15-6-4-8-17(12-15)25-20(28)16-7-5-9-18(26)13-16/h4-9,12-13,26H,10-11,14H2,1-3H3,(H,23,29)(H,24,27)(H,25,28). The van der Waals surface area contributed by atoms with Gasteiger partial charge in [-0.25, -0.2) is 4.79 Å². The summed E-state index contributed by atoms with van der Waals surface area (Å²) in [5.74, 6) is -0.555. The topological polar surface area (TPSA) is 117 Å². The number of rotatable bonds is 7. The molecule has 0 saturated heterocycles. The maximum absolute atomic E-state index is 12.3. The Morgan fingerprint density at radius 3 is 2.43 bits per heavy atom. The summed E-state index contributed by atoms with van der Waals surface area (Å²) in [6.07, 6.45) is -0.446. The lowest BCUT2D eigenvalue weighted by Gasteiger charge is -2.19. The quantitative estimate of drug-likeness (QED) is 0.556. The first kappa shape index (κ1) is 22.7. The number of ether oxygens (including phenoxy) is 1. The lowest BCUT2D eigenvalue weighted by atomic mass is 10.1. The summed E-state index contributed by atoms with van der Waals surface area (Å²) < 4.78 is 5.10. The minimum Gasteiger partial charge on any atom is -0.508 e. The van der Waals surface area contributed by atoms with Gasteiger partial charge >= 0.3 is 6.09 Å². The van der Waals surface area contributed by atoms with Crippen molar-refractivity contribution in [2.45, 2.75) is 39.3 Å². The third-order valence-corrected chi connectivity index (χ3v) is 3.80. The summed E-state index contributed by atoms with van der Waals surface area (Å²) in [5.41, 5.74) is 1.12. The molecule has 0 atom stereocenters. The van der Waals surface area contributed by atoms with E-state index in [9.17, 15) is 19.5 Å². The van der Waals surface area contributed by atoms with Gasteiger partial charge < -0.3 is 25.8 Å². The molecule has 2 aromatic carbocycles. The van der Waals surface area contributed by atoms with E-state index < -0.39 is 11.7 Å². The Morgan fingerprint density at radius 2 is 1.73 bits per heavy atom. The molecule has 4 N–H and O–H groups in total. The number of benzene rings is 2. The van der Waals surface area contributed by atoms with Gasteiger partial charge in [0.2, 0.25) is 5.91 Å². The van der Waals surface area contributed by atoms with Gasteiger partial charge in [-0.15, -0.1) is 0 Å². The zero-order valence-electron chi connectivity index (χ0n) is 17.3. The SMILES string of the molecule is CC(C)(C)OC(=O)NCCC(=O)NCc1cccc(NC(=O)c2cccc(O)c2)c1. The fraction of sp³-hybridized carbons (Fsp3) is 0.318. The summed E-state index contributed by atoms with van der Waals surface area (Å²) >= 11 is 0. The van der Waals surface area contributed by atoms with E-state index in [0.717, 1.165) is 5.56 Å². The molecule has 0 aliphatic carbocycles. The van der Waals surface area contributed by atoms with Crippen LogP contribution in [0.1, 0.15) is 43.1 Å². The van der Waals surface area contributed by atoms with Crippen molar-refractivity contribution in [2.75, 3.05) is 11.9 Å². The molecular formula is C22H27N3O5. The third kappa shape index (κ3) is 8.22. The number of anilines is 1. The van der Waals surface area contributed by atoms with Crippen LogP contribution in [0.15, 0.2) is 48.5 Å². The van der Waals surface area contributed by atoms with Crippen LogP contribution in [-0.2, 0) is 16.1 Å². The summed E-state index contributed by atoms with van der Waals surface area (Å²) in [7, 11) is 0. The number of hydrogen-bond acceptors (Lipinski definition) is 5. The van der Waals surface area contributed by atoms with E-state index in [2.05, 4.69) is 16.0 Å². The van der Waals surface area contributed by atoms with Crippen molar-refractivity contribution in [1.29, 1.82) is 0 Å². The molecule has 2 aromatic rings. The summed E-state index contributed by atoms with van der Waals surface area (Å²) in [5, 5.41) is 17.5. The minimum absolute atomic E-state index is 0.0141. The van der Waals surface area contributed by atoms with Crippen molar-refractivity contribution in [3.05, 3.63) is 59.7 Å². The van der Waals surface area contributed by atoms with Crippen LogP contribution in [-0.4, -0.2) is 35.2 Å². The molecule has 0 aliphatic heterocycles. The molecule has 0 aliphatic rings. The van der Waals surface area contributed by atoms with Gasteiger partial charge in [-0.1, -0.05) is 18.2 Å². The molecule has 8 heteroatoms. The molecule has 0 radical (unpaired) electrons. The molecule has 0 aromatic heterocycles. The highest BCUT2D eigenvalue weighted by molar-refractivity contribution is 6.04. The average molecular weight is 413 g/mol. The van der Waals surface area contributed by atoms with Gasteiger partial charge in [-0.05, 0) is 56.7 Å². The molecule has 0 unspecified atom stereocenters. The van der Waals surface area contributed by atoms with E-state index in [1.54, 1.807) is 51.1 Å². The Bertz CT molecular complexity index is 906. The largest absolute Gasteiger partial charge is 0.508 e.